The summed E-state index contributed by atoms with van der Waals surface area (Å²) in [6.45, 7) is 6.66. The van der Waals surface area contributed by atoms with Crippen LogP contribution in [0, 0.1) is 0 Å². The van der Waals surface area contributed by atoms with Gasteiger partial charge in [-0.3, -0.25) is 9.59 Å². The molecule has 0 aliphatic carbocycles. The van der Waals surface area contributed by atoms with Gasteiger partial charge in [-0.2, -0.15) is 0 Å². The summed E-state index contributed by atoms with van der Waals surface area (Å²) >= 11 is 1.04. The van der Waals surface area contributed by atoms with Gasteiger partial charge in [-0.05, 0) is 48.4 Å². The van der Waals surface area contributed by atoms with Gasteiger partial charge in [0.2, 0.25) is 0 Å². The van der Waals surface area contributed by atoms with Crippen molar-refractivity contribution in [2.75, 3.05) is 38.8 Å². The molecule has 2 amide bonds. The molecule has 0 unspecified atom stereocenters. The zero-order valence-corrected chi connectivity index (χ0v) is 16.4. The molecule has 1 aromatic carbocycles. The summed E-state index contributed by atoms with van der Waals surface area (Å²) in [7, 11) is 3.97. The molecule has 6 heteroatoms. The lowest BCUT2D eigenvalue weighted by Crippen LogP contribution is -3.13. The number of amides is 2. The molecule has 136 valence electrons. The van der Waals surface area contributed by atoms with Crippen molar-refractivity contribution in [3.05, 3.63) is 34.7 Å². The lowest BCUT2D eigenvalue weighted by Gasteiger charge is -2.22. The molecule has 1 fully saturated rings. The van der Waals surface area contributed by atoms with Gasteiger partial charge in [0.1, 0.15) is 0 Å². The van der Waals surface area contributed by atoms with Gasteiger partial charge in [0.25, 0.3) is 11.1 Å². The van der Waals surface area contributed by atoms with E-state index in [1.807, 2.05) is 49.3 Å². The van der Waals surface area contributed by atoms with Crippen LogP contribution in [0.25, 0.3) is 6.08 Å². The number of hydrogen-bond donors (Lipinski definition) is 1. The van der Waals surface area contributed by atoms with Crippen LogP contribution in [-0.2, 0) is 4.79 Å². The zero-order valence-electron chi connectivity index (χ0n) is 15.5. The van der Waals surface area contributed by atoms with Crippen molar-refractivity contribution in [2.45, 2.75) is 26.7 Å². The number of imide groups is 1. The second-order valence-electron chi connectivity index (χ2n) is 6.50. The maximum absolute atomic E-state index is 12.6. The zero-order chi connectivity index (χ0) is 18.4. The average Bonchev–Trinajstić information content (AvgIpc) is 2.83. The van der Waals surface area contributed by atoms with Crippen LogP contribution in [-0.4, -0.2) is 49.9 Å². The Hall–Kier alpha value is -1.79. The fourth-order valence-corrected chi connectivity index (χ4v) is 3.71. The molecule has 0 bridgehead atoms. The van der Waals surface area contributed by atoms with Crippen molar-refractivity contribution in [3.63, 3.8) is 0 Å². The molecule has 1 aliphatic rings. The SMILES string of the molecule is CCC[NH+](CCC)CN1C(=O)S/C(=C/c2ccc(N(C)C)cc2)C1=O. The predicted molar refractivity (Wildman–Crippen MR) is 105 cm³/mol. The van der Waals surface area contributed by atoms with Gasteiger partial charge in [0.15, 0.2) is 6.67 Å². The number of benzene rings is 1. The molecule has 1 N–H and O–H groups in total. The van der Waals surface area contributed by atoms with E-state index in [0.29, 0.717) is 11.6 Å². The van der Waals surface area contributed by atoms with Crippen molar-refractivity contribution in [3.8, 4) is 0 Å². The van der Waals surface area contributed by atoms with Crippen molar-refractivity contribution < 1.29 is 14.5 Å². The molecular weight excluding hydrogens is 334 g/mol. The molecule has 0 saturated carbocycles. The lowest BCUT2D eigenvalue weighted by molar-refractivity contribution is -0.907. The first-order valence-electron chi connectivity index (χ1n) is 8.82. The molecule has 1 aromatic rings. The smallest absolute Gasteiger partial charge is 0.298 e. The number of rotatable bonds is 8. The van der Waals surface area contributed by atoms with E-state index in [9.17, 15) is 9.59 Å². The van der Waals surface area contributed by atoms with Crippen molar-refractivity contribution in [1.29, 1.82) is 0 Å². The van der Waals surface area contributed by atoms with Gasteiger partial charge in [0.05, 0.1) is 18.0 Å². The van der Waals surface area contributed by atoms with Crippen LogP contribution in [0.4, 0.5) is 10.5 Å². The topological polar surface area (TPSA) is 45.1 Å². The molecule has 0 atom stereocenters. The number of carbonyl (C=O) groups is 2. The maximum Gasteiger partial charge on any atom is 0.298 e. The highest BCUT2D eigenvalue weighted by atomic mass is 32.2. The number of nitrogens with one attached hydrogen (secondary N) is 1. The van der Waals surface area contributed by atoms with Crippen LogP contribution in [0.15, 0.2) is 29.2 Å². The second-order valence-corrected chi connectivity index (χ2v) is 7.50. The highest BCUT2D eigenvalue weighted by Crippen LogP contribution is 2.31. The Labute approximate surface area is 154 Å². The van der Waals surface area contributed by atoms with Crippen molar-refractivity contribution in [2.24, 2.45) is 0 Å². The summed E-state index contributed by atoms with van der Waals surface area (Å²) in [4.78, 5) is 30.1. The summed E-state index contributed by atoms with van der Waals surface area (Å²) in [5.74, 6) is -0.170. The first kappa shape index (κ1) is 19.5. The maximum atomic E-state index is 12.6. The molecule has 1 saturated heterocycles. The molecular formula is C19H28N3O2S+. The third-order valence-corrected chi connectivity index (χ3v) is 5.08. The van der Waals surface area contributed by atoms with Gasteiger partial charge >= 0.3 is 0 Å². The van der Waals surface area contributed by atoms with Crippen LogP contribution in [0.3, 0.4) is 0 Å². The molecule has 0 aromatic heterocycles. The van der Waals surface area contributed by atoms with Gasteiger partial charge < -0.3 is 9.80 Å². The minimum Gasteiger partial charge on any atom is -0.378 e. The first-order valence-corrected chi connectivity index (χ1v) is 9.64. The minimum atomic E-state index is -0.170. The fraction of sp³-hybridized carbons (Fsp3) is 0.474. The second kappa shape index (κ2) is 9.06. The van der Waals surface area contributed by atoms with Gasteiger partial charge in [0, 0.05) is 19.8 Å². The van der Waals surface area contributed by atoms with Crippen LogP contribution < -0.4 is 9.80 Å². The number of carbonyl (C=O) groups excluding carboxylic acids is 2. The third-order valence-electron chi connectivity index (χ3n) is 4.17. The van der Waals surface area contributed by atoms with Crippen molar-refractivity contribution in [1.82, 2.24) is 4.90 Å². The number of nitrogens with zero attached hydrogens (tertiary/aromatic N) is 2. The predicted octanol–water partition coefficient (Wildman–Crippen LogP) is 2.45. The van der Waals surface area contributed by atoms with Crippen LogP contribution in [0.2, 0.25) is 0 Å². The number of quaternary nitrogens is 1. The minimum absolute atomic E-state index is 0.161. The van der Waals surface area contributed by atoms with Gasteiger partial charge in [-0.1, -0.05) is 26.0 Å². The highest BCUT2D eigenvalue weighted by Gasteiger charge is 2.37. The molecule has 1 heterocycles. The van der Waals surface area contributed by atoms with E-state index in [4.69, 9.17) is 0 Å². The Kier molecular flexibility index (Phi) is 7.08. The summed E-state index contributed by atoms with van der Waals surface area (Å²) in [6.07, 6.45) is 3.89. The normalized spacial score (nSPS) is 16.4. The standard InChI is InChI=1S/C19H27N3O2S/c1-5-11-21(12-6-2)14-22-18(23)17(25-19(22)24)13-15-7-9-16(10-8-15)20(3)4/h7-10,13H,5-6,11-12,14H2,1-4H3/p+1/b17-13+. The Balaban J connectivity index is 2.11. The fourth-order valence-electron chi connectivity index (χ4n) is 2.87. The van der Waals surface area contributed by atoms with E-state index in [-0.39, 0.29) is 11.1 Å². The van der Waals surface area contributed by atoms with E-state index in [0.717, 1.165) is 48.9 Å². The quantitative estimate of drug-likeness (QED) is 0.722. The van der Waals surface area contributed by atoms with E-state index in [2.05, 4.69) is 13.8 Å². The Morgan fingerprint density at radius 3 is 2.20 bits per heavy atom. The lowest BCUT2D eigenvalue weighted by atomic mass is 10.2. The third kappa shape index (κ3) is 5.09. The van der Waals surface area contributed by atoms with E-state index in [1.165, 1.54) is 9.80 Å². The molecule has 0 spiro atoms. The van der Waals surface area contributed by atoms with E-state index >= 15 is 0 Å². The molecule has 2 rings (SSSR count). The Morgan fingerprint density at radius 1 is 1.08 bits per heavy atom. The van der Waals surface area contributed by atoms with E-state index in [1.54, 1.807) is 0 Å². The van der Waals surface area contributed by atoms with Crippen LogP contribution in [0.1, 0.15) is 32.3 Å². The molecule has 25 heavy (non-hydrogen) atoms. The molecule has 1 aliphatic heterocycles. The summed E-state index contributed by atoms with van der Waals surface area (Å²) in [6, 6.07) is 7.94. The first-order chi connectivity index (χ1) is 12.0. The van der Waals surface area contributed by atoms with Crippen molar-refractivity contribution >= 4 is 34.7 Å². The summed E-state index contributed by atoms with van der Waals surface area (Å²) in [5, 5.41) is -0.161. The average molecular weight is 363 g/mol. The molecule has 5 nitrogen and oxygen atoms in total. The molecule has 0 radical (unpaired) electrons. The Bertz CT molecular complexity index is 635. The number of thioether (sulfide) groups is 1. The van der Waals surface area contributed by atoms with Crippen LogP contribution >= 0.6 is 11.8 Å². The van der Waals surface area contributed by atoms with Gasteiger partial charge in [-0.25, -0.2) is 4.90 Å². The Morgan fingerprint density at radius 2 is 1.68 bits per heavy atom. The largest absolute Gasteiger partial charge is 0.378 e. The summed E-state index contributed by atoms with van der Waals surface area (Å²) < 4.78 is 0. The monoisotopic (exact) mass is 362 g/mol. The highest BCUT2D eigenvalue weighted by molar-refractivity contribution is 8.18. The number of anilines is 1. The van der Waals surface area contributed by atoms with Crippen LogP contribution in [0.5, 0.6) is 0 Å². The van der Waals surface area contributed by atoms with Gasteiger partial charge in [-0.15, -0.1) is 0 Å². The summed E-state index contributed by atoms with van der Waals surface area (Å²) in [5.41, 5.74) is 2.03. The number of hydrogen-bond acceptors (Lipinski definition) is 4. The van der Waals surface area contributed by atoms with E-state index < -0.39 is 0 Å².